The minimum absolute atomic E-state index is 0.915. The maximum Gasteiger partial charge on any atom is 0.111 e. The number of H-pyrrole nitrogens is 1. The van der Waals surface area contributed by atoms with Crippen LogP contribution in [0.2, 0.25) is 0 Å². The van der Waals surface area contributed by atoms with E-state index in [0.29, 0.717) is 0 Å². The van der Waals surface area contributed by atoms with Crippen LogP contribution in [0.1, 0.15) is 16.8 Å². The molecule has 1 aliphatic heterocycles. The Morgan fingerprint density at radius 1 is 1.12 bits per heavy atom. The van der Waals surface area contributed by atoms with Gasteiger partial charge in [0.2, 0.25) is 0 Å². The van der Waals surface area contributed by atoms with E-state index in [1.165, 1.54) is 27.7 Å². The fourth-order valence-electron chi connectivity index (χ4n) is 3.83. The second-order valence-electron chi connectivity index (χ2n) is 6.98. The number of hydrogen-bond donors (Lipinski definition) is 1. The van der Waals surface area contributed by atoms with Gasteiger partial charge in [-0.25, -0.2) is 0 Å². The highest BCUT2D eigenvalue weighted by Gasteiger charge is 2.20. The predicted octanol–water partition coefficient (Wildman–Crippen LogP) is 3.75. The lowest BCUT2D eigenvalue weighted by Crippen LogP contribution is -2.33. The molecule has 5 heteroatoms. The van der Waals surface area contributed by atoms with Crippen LogP contribution >= 0.6 is 0 Å². The first-order valence-corrected chi connectivity index (χ1v) is 9.04. The van der Waals surface area contributed by atoms with Crippen molar-refractivity contribution in [1.29, 1.82) is 0 Å². The Kier molecular flexibility index (Phi) is 3.60. The van der Waals surface area contributed by atoms with Gasteiger partial charge >= 0.3 is 0 Å². The van der Waals surface area contributed by atoms with Gasteiger partial charge in [0.05, 0.1) is 17.9 Å². The molecule has 0 amide bonds. The van der Waals surface area contributed by atoms with Gasteiger partial charge in [-0.15, -0.1) is 0 Å². The molecule has 0 saturated heterocycles. The van der Waals surface area contributed by atoms with E-state index in [2.05, 4.69) is 69.1 Å². The zero-order valence-electron chi connectivity index (χ0n) is 14.8. The molecule has 0 aliphatic carbocycles. The third-order valence-electron chi connectivity index (χ3n) is 5.20. The molecular formula is C21H21N5. The van der Waals surface area contributed by atoms with Crippen LogP contribution in [-0.2, 0) is 19.6 Å². The van der Waals surface area contributed by atoms with Gasteiger partial charge in [-0.1, -0.05) is 24.3 Å². The Bertz CT molecular complexity index is 1070. The summed E-state index contributed by atoms with van der Waals surface area (Å²) >= 11 is 0. The molecular weight excluding hydrogens is 322 g/mol. The summed E-state index contributed by atoms with van der Waals surface area (Å²) in [6.07, 6.45) is 3.98. The molecule has 130 valence electrons. The van der Waals surface area contributed by atoms with Crippen LogP contribution in [-0.4, -0.2) is 31.2 Å². The Morgan fingerprint density at radius 2 is 2.04 bits per heavy atom. The van der Waals surface area contributed by atoms with Crippen LogP contribution in [0.25, 0.3) is 22.3 Å². The summed E-state index contributed by atoms with van der Waals surface area (Å²) in [5.74, 6) is 0. The first-order valence-electron chi connectivity index (χ1n) is 9.04. The highest BCUT2D eigenvalue weighted by atomic mass is 15.3. The van der Waals surface area contributed by atoms with Crippen LogP contribution in [0.15, 0.2) is 54.9 Å². The van der Waals surface area contributed by atoms with E-state index in [1.807, 2.05) is 12.3 Å². The van der Waals surface area contributed by atoms with Crippen molar-refractivity contribution in [2.75, 3.05) is 6.54 Å². The number of nitrogens with zero attached hydrogens (tertiary/aromatic N) is 4. The lowest BCUT2D eigenvalue weighted by Gasteiger charge is -2.27. The second kappa shape index (κ2) is 6.11. The first kappa shape index (κ1) is 15.3. The van der Waals surface area contributed by atoms with Crippen molar-refractivity contribution in [1.82, 2.24) is 24.6 Å². The van der Waals surface area contributed by atoms with Crippen molar-refractivity contribution in [3.63, 3.8) is 0 Å². The van der Waals surface area contributed by atoms with Crippen LogP contribution in [0.4, 0.5) is 0 Å². The number of para-hydroxylation sites is 1. The molecule has 4 heterocycles. The van der Waals surface area contributed by atoms with Gasteiger partial charge in [-0.05, 0) is 36.2 Å². The summed E-state index contributed by atoms with van der Waals surface area (Å²) in [6.45, 7) is 5.88. The fourth-order valence-corrected chi connectivity index (χ4v) is 3.83. The minimum Gasteiger partial charge on any atom is -0.361 e. The molecule has 1 aromatic carbocycles. The van der Waals surface area contributed by atoms with Crippen molar-refractivity contribution in [3.05, 3.63) is 71.7 Å². The summed E-state index contributed by atoms with van der Waals surface area (Å²) in [5, 5.41) is 6.10. The van der Waals surface area contributed by atoms with E-state index in [0.717, 1.165) is 37.6 Å². The number of fused-ring (bicyclic) bond motifs is 2. The van der Waals surface area contributed by atoms with Crippen molar-refractivity contribution < 1.29 is 0 Å². The smallest absolute Gasteiger partial charge is 0.111 e. The van der Waals surface area contributed by atoms with Crippen LogP contribution in [0.5, 0.6) is 0 Å². The molecule has 5 rings (SSSR count). The van der Waals surface area contributed by atoms with Gasteiger partial charge in [0.1, 0.15) is 5.69 Å². The Balaban J connectivity index is 1.39. The number of benzene rings is 1. The van der Waals surface area contributed by atoms with Crippen LogP contribution in [0, 0.1) is 6.92 Å². The summed E-state index contributed by atoms with van der Waals surface area (Å²) < 4.78 is 2.13. The first-order chi connectivity index (χ1) is 12.8. The summed E-state index contributed by atoms with van der Waals surface area (Å²) in [5.41, 5.74) is 6.95. The minimum atomic E-state index is 0.915. The Labute approximate surface area is 152 Å². The van der Waals surface area contributed by atoms with Crippen LogP contribution < -0.4 is 0 Å². The molecule has 3 aromatic heterocycles. The average molecular weight is 343 g/mol. The van der Waals surface area contributed by atoms with Crippen molar-refractivity contribution >= 4 is 10.9 Å². The highest BCUT2D eigenvalue weighted by Crippen LogP contribution is 2.25. The van der Waals surface area contributed by atoms with Gasteiger partial charge in [-0.2, -0.15) is 5.10 Å². The molecule has 0 fully saturated rings. The van der Waals surface area contributed by atoms with Crippen LogP contribution in [0.3, 0.4) is 0 Å². The average Bonchev–Trinajstić information content (AvgIpc) is 3.26. The van der Waals surface area contributed by atoms with E-state index in [-0.39, 0.29) is 0 Å². The molecule has 0 saturated carbocycles. The van der Waals surface area contributed by atoms with E-state index in [4.69, 9.17) is 5.10 Å². The molecule has 0 spiro atoms. The number of nitrogens with one attached hydrogen (secondary N) is 1. The molecule has 0 atom stereocenters. The number of pyridine rings is 1. The number of aromatic amines is 1. The molecule has 4 aromatic rings. The van der Waals surface area contributed by atoms with Crippen molar-refractivity contribution in [3.8, 4) is 11.4 Å². The fraction of sp³-hybridized carbons (Fsp3) is 0.238. The van der Waals surface area contributed by atoms with E-state index in [9.17, 15) is 0 Å². The molecule has 0 unspecified atom stereocenters. The van der Waals surface area contributed by atoms with Gasteiger partial charge in [0, 0.05) is 42.9 Å². The molecule has 5 nitrogen and oxygen atoms in total. The lowest BCUT2D eigenvalue weighted by molar-refractivity contribution is 0.206. The normalized spacial score (nSPS) is 14.7. The monoisotopic (exact) mass is 343 g/mol. The highest BCUT2D eigenvalue weighted by molar-refractivity contribution is 5.82. The summed E-state index contributed by atoms with van der Waals surface area (Å²) in [6, 6.07) is 14.7. The largest absolute Gasteiger partial charge is 0.361 e. The molecule has 1 aliphatic rings. The third kappa shape index (κ3) is 2.61. The number of rotatable bonds is 3. The van der Waals surface area contributed by atoms with E-state index >= 15 is 0 Å². The number of hydrogen-bond acceptors (Lipinski definition) is 3. The lowest BCUT2D eigenvalue weighted by atomic mass is 10.1. The van der Waals surface area contributed by atoms with E-state index < -0.39 is 0 Å². The van der Waals surface area contributed by atoms with Gasteiger partial charge in [0.15, 0.2) is 0 Å². The SMILES string of the molecule is Cc1cccnc1-c1cc2n(n1)CCN(Cc1c[nH]c3ccccc13)C2. The predicted molar refractivity (Wildman–Crippen MR) is 103 cm³/mol. The maximum atomic E-state index is 4.78. The summed E-state index contributed by atoms with van der Waals surface area (Å²) in [4.78, 5) is 10.4. The summed E-state index contributed by atoms with van der Waals surface area (Å²) in [7, 11) is 0. The van der Waals surface area contributed by atoms with Crippen molar-refractivity contribution in [2.45, 2.75) is 26.6 Å². The molecule has 0 bridgehead atoms. The zero-order chi connectivity index (χ0) is 17.5. The topological polar surface area (TPSA) is 49.7 Å². The number of aryl methyl sites for hydroxylation is 1. The van der Waals surface area contributed by atoms with Gasteiger partial charge in [-0.3, -0.25) is 14.6 Å². The van der Waals surface area contributed by atoms with Crippen molar-refractivity contribution in [2.24, 2.45) is 0 Å². The second-order valence-corrected chi connectivity index (χ2v) is 6.98. The zero-order valence-corrected chi connectivity index (χ0v) is 14.8. The van der Waals surface area contributed by atoms with Gasteiger partial charge in [0.25, 0.3) is 0 Å². The third-order valence-corrected chi connectivity index (χ3v) is 5.20. The maximum absolute atomic E-state index is 4.78. The van der Waals surface area contributed by atoms with Gasteiger partial charge < -0.3 is 4.98 Å². The standard InChI is InChI=1S/C21H21N5/c1-15-5-4-8-22-21(15)20-11-17-14-25(9-10-26(17)24-20)13-16-12-23-19-7-3-2-6-18(16)19/h2-8,11-12,23H,9-10,13-14H2,1H3. The quantitative estimate of drug-likeness (QED) is 0.616. The Hall–Kier alpha value is -2.92. The Morgan fingerprint density at radius 3 is 2.96 bits per heavy atom. The molecule has 26 heavy (non-hydrogen) atoms. The molecule has 0 radical (unpaired) electrons. The molecule has 1 N–H and O–H groups in total. The number of aromatic nitrogens is 4. The van der Waals surface area contributed by atoms with E-state index in [1.54, 1.807) is 0 Å².